The molecule has 0 saturated carbocycles. The van der Waals surface area contributed by atoms with Crippen LogP contribution in [0, 0.1) is 13.8 Å². The summed E-state index contributed by atoms with van der Waals surface area (Å²) in [5.41, 5.74) is 2.31. The average Bonchev–Trinajstić information content (AvgIpc) is 2.43. The smallest absolute Gasteiger partial charge is 0.135 e. The molecule has 0 bridgehead atoms. The summed E-state index contributed by atoms with van der Waals surface area (Å²) in [5, 5.41) is 0. The number of nitrogens with zero attached hydrogens (tertiary/aromatic N) is 4. The molecule has 0 aliphatic carbocycles. The predicted octanol–water partition coefficient (Wildman–Crippen LogP) is 1.97. The second-order valence-corrected chi connectivity index (χ2v) is 6.07. The van der Waals surface area contributed by atoms with Crippen molar-refractivity contribution in [2.75, 3.05) is 49.6 Å². The molecule has 1 saturated heterocycles. The topological polar surface area (TPSA) is 32.3 Å². The Kier molecular flexibility index (Phi) is 5.45. The molecule has 0 aromatic carbocycles. The molecule has 1 fully saturated rings. The minimum absolute atomic E-state index is 1.08. The Labute approximate surface area is 120 Å². The average molecular weight is 280 g/mol. The predicted molar refractivity (Wildman–Crippen MR) is 83.2 cm³/mol. The van der Waals surface area contributed by atoms with Crippen molar-refractivity contribution in [2.45, 2.75) is 20.3 Å². The van der Waals surface area contributed by atoms with Crippen LogP contribution in [0.2, 0.25) is 0 Å². The maximum atomic E-state index is 4.46. The summed E-state index contributed by atoms with van der Waals surface area (Å²) < 4.78 is 0. The third-order valence-corrected chi connectivity index (χ3v) is 4.50. The lowest BCUT2D eigenvalue weighted by Crippen LogP contribution is -2.47. The van der Waals surface area contributed by atoms with Gasteiger partial charge in [0.2, 0.25) is 0 Å². The van der Waals surface area contributed by atoms with Crippen molar-refractivity contribution in [2.24, 2.45) is 0 Å². The highest BCUT2D eigenvalue weighted by Gasteiger charge is 2.19. The standard InChI is InChI=1S/C14H24N4S/c1-12-13(2)15-11-16-14(12)18-8-6-17(7-9-18)5-4-10-19-3/h11H,4-10H2,1-3H3. The number of rotatable bonds is 5. The van der Waals surface area contributed by atoms with E-state index in [4.69, 9.17) is 0 Å². The molecule has 5 heteroatoms. The van der Waals surface area contributed by atoms with Crippen LogP contribution < -0.4 is 4.90 Å². The van der Waals surface area contributed by atoms with E-state index in [1.165, 1.54) is 24.3 Å². The molecule has 1 aromatic rings. The highest BCUT2D eigenvalue weighted by Crippen LogP contribution is 2.19. The molecule has 2 heterocycles. The molecular weight excluding hydrogens is 256 g/mol. The van der Waals surface area contributed by atoms with Gasteiger partial charge in [-0.05, 0) is 38.8 Å². The maximum absolute atomic E-state index is 4.46. The van der Waals surface area contributed by atoms with Crippen LogP contribution in [0.3, 0.4) is 0 Å². The summed E-state index contributed by atoms with van der Waals surface area (Å²) in [6.07, 6.45) is 5.16. The van der Waals surface area contributed by atoms with E-state index in [2.05, 4.69) is 39.9 Å². The van der Waals surface area contributed by atoms with Crippen molar-refractivity contribution in [1.82, 2.24) is 14.9 Å². The number of thioether (sulfide) groups is 1. The van der Waals surface area contributed by atoms with E-state index in [1.54, 1.807) is 6.33 Å². The largest absolute Gasteiger partial charge is 0.354 e. The van der Waals surface area contributed by atoms with E-state index in [1.807, 2.05) is 11.8 Å². The number of hydrogen-bond donors (Lipinski definition) is 0. The molecule has 2 rings (SSSR count). The fraction of sp³-hybridized carbons (Fsp3) is 0.714. The molecule has 1 aliphatic heterocycles. The van der Waals surface area contributed by atoms with E-state index in [0.29, 0.717) is 0 Å². The minimum Gasteiger partial charge on any atom is -0.354 e. The number of piperazine rings is 1. The Bertz CT molecular complexity index is 402. The summed E-state index contributed by atoms with van der Waals surface area (Å²) in [5.74, 6) is 2.39. The molecule has 0 amide bonds. The third-order valence-electron chi connectivity index (χ3n) is 3.80. The van der Waals surface area contributed by atoms with E-state index < -0.39 is 0 Å². The lowest BCUT2D eigenvalue weighted by Gasteiger charge is -2.36. The molecule has 0 N–H and O–H groups in total. The molecule has 0 atom stereocenters. The first-order valence-electron chi connectivity index (χ1n) is 6.97. The Morgan fingerprint density at radius 1 is 1.16 bits per heavy atom. The van der Waals surface area contributed by atoms with Gasteiger partial charge in [-0.25, -0.2) is 9.97 Å². The minimum atomic E-state index is 1.08. The van der Waals surface area contributed by atoms with Crippen LogP contribution in [-0.4, -0.2) is 59.6 Å². The Morgan fingerprint density at radius 3 is 2.58 bits per heavy atom. The summed E-state index contributed by atoms with van der Waals surface area (Å²) in [7, 11) is 0. The molecule has 4 nitrogen and oxygen atoms in total. The van der Waals surface area contributed by atoms with Crippen LogP contribution in [-0.2, 0) is 0 Å². The number of aryl methyl sites for hydroxylation is 1. The zero-order valence-corrected chi connectivity index (χ0v) is 13.0. The fourth-order valence-corrected chi connectivity index (χ4v) is 2.88. The van der Waals surface area contributed by atoms with Gasteiger partial charge < -0.3 is 4.90 Å². The van der Waals surface area contributed by atoms with Crippen molar-refractivity contribution >= 4 is 17.6 Å². The summed E-state index contributed by atoms with van der Waals surface area (Å²) >= 11 is 1.94. The molecule has 0 spiro atoms. The van der Waals surface area contributed by atoms with Crippen molar-refractivity contribution in [3.8, 4) is 0 Å². The van der Waals surface area contributed by atoms with Crippen LogP contribution in [0.15, 0.2) is 6.33 Å². The highest BCUT2D eigenvalue weighted by atomic mass is 32.2. The second kappa shape index (κ2) is 7.10. The monoisotopic (exact) mass is 280 g/mol. The van der Waals surface area contributed by atoms with E-state index in [0.717, 1.165) is 37.7 Å². The Morgan fingerprint density at radius 2 is 1.89 bits per heavy atom. The van der Waals surface area contributed by atoms with Gasteiger partial charge in [0.05, 0.1) is 0 Å². The second-order valence-electron chi connectivity index (χ2n) is 5.08. The third kappa shape index (κ3) is 3.83. The van der Waals surface area contributed by atoms with Gasteiger partial charge in [-0.3, -0.25) is 4.90 Å². The number of hydrogen-bond acceptors (Lipinski definition) is 5. The van der Waals surface area contributed by atoms with Gasteiger partial charge in [0.1, 0.15) is 12.1 Å². The van der Waals surface area contributed by atoms with E-state index >= 15 is 0 Å². The SMILES string of the molecule is CSCCCN1CCN(c2ncnc(C)c2C)CC1. The van der Waals surface area contributed by atoms with E-state index in [9.17, 15) is 0 Å². The molecule has 0 radical (unpaired) electrons. The zero-order valence-electron chi connectivity index (χ0n) is 12.2. The van der Waals surface area contributed by atoms with Crippen molar-refractivity contribution in [1.29, 1.82) is 0 Å². The van der Waals surface area contributed by atoms with Crippen LogP contribution in [0.25, 0.3) is 0 Å². The van der Waals surface area contributed by atoms with Gasteiger partial charge in [0, 0.05) is 37.4 Å². The molecule has 19 heavy (non-hydrogen) atoms. The van der Waals surface area contributed by atoms with Gasteiger partial charge >= 0.3 is 0 Å². The summed E-state index contributed by atoms with van der Waals surface area (Å²) in [6.45, 7) is 9.87. The molecular formula is C14H24N4S. The Balaban J connectivity index is 1.87. The molecule has 0 unspecified atom stereocenters. The molecule has 106 valence electrons. The molecule has 1 aromatic heterocycles. The highest BCUT2D eigenvalue weighted by molar-refractivity contribution is 7.98. The van der Waals surface area contributed by atoms with Crippen LogP contribution in [0.1, 0.15) is 17.7 Å². The van der Waals surface area contributed by atoms with Crippen LogP contribution in [0.4, 0.5) is 5.82 Å². The first kappa shape index (κ1) is 14.6. The summed E-state index contributed by atoms with van der Waals surface area (Å²) in [4.78, 5) is 13.7. The number of anilines is 1. The first-order valence-corrected chi connectivity index (χ1v) is 8.36. The van der Waals surface area contributed by atoms with Gasteiger partial charge in [-0.2, -0.15) is 11.8 Å². The van der Waals surface area contributed by atoms with E-state index in [-0.39, 0.29) is 0 Å². The Hall–Kier alpha value is -0.810. The first-order chi connectivity index (χ1) is 9.22. The van der Waals surface area contributed by atoms with Crippen LogP contribution >= 0.6 is 11.8 Å². The van der Waals surface area contributed by atoms with Crippen molar-refractivity contribution in [3.63, 3.8) is 0 Å². The molecule has 1 aliphatic rings. The quantitative estimate of drug-likeness (QED) is 0.770. The van der Waals surface area contributed by atoms with Gasteiger partial charge in [0.25, 0.3) is 0 Å². The van der Waals surface area contributed by atoms with Gasteiger partial charge in [-0.15, -0.1) is 0 Å². The normalized spacial score (nSPS) is 16.9. The van der Waals surface area contributed by atoms with Crippen LogP contribution in [0.5, 0.6) is 0 Å². The van der Waals surface area contributed by atoms with Gasteiger partial charge in [0.15, 0.2) is 0 Å². The lowest BCUT2D eigenvalue weighted by atomic mass is 10.2. The number of aromatic nitrogens is 2. The zero-order chi connectivity index (χ0) is 13.7. The summed E-state index contributed by atoms with van der Waals surface area (Å²) in [6, 6.07) is 0. The maximum Gasteiger partial charge on any atom is 0.135 e. The van der Waals surface area contributed by atoms with Gasteiger partial charge in [-0.1, -0.05) is 0 Å². The van der Waals surface area contributed by atoms with Crippen molar-refractivity contribution in [3.05, 3.63) is 17.6 Å². The lowest BCUT2D eigenvalue weighted by molar-refractivity contribution is 0.258. The fourth-order valence-electron chi connectivity index (χ4n) is 2.46. The van der Waals surface area contributed by atoms with Crippen molar-refractivity contribution < 1.29 is 0 Å².